The molecule has 0 radical (unpaired) electrons. The molecule has 0 N–H and O–H groups in total. The molecule has 1 saturated heterocycles. The summed E-state index contributed by atoms with van der Waals surface area (Å²) in [7, 11) is 0. The van der Waals surface area contributed by atoms with E-state index in [-0.39, 0.29) is 12.0 Å². The van der Waals surface area contributed by atoms with Crippen molar-refractivity contribution in [2.24, 2.45) is 0 Å². The summed E-state index contributed by atoms with van der Waals surface area (Å²) in [6.45, 7) is 14.6. The number of nitrogens with zero attached hydrogens (tertiary/aromatic N) is 2. The molecule has 2 unspecified atom stereocenters. The topological polar surface area (TPSA) is 32.8 Å². The first-order valence-corrected chi connectivity index (χ1v) is 6.43. The first-order valence-electron chi connectivity index (χ1n) is 6.43. The van der Waals surface area contributed by atoms with Crippen molar-refractivity contribution in [1.82, 2.24) is 9.80 Å². The molecule has 0 aromatic rings. The van der Waals surface area contributed by atoms with Gasteiger partial charge < -0.3 is 9.64 Å². The number of amides is 1. The number of hydrogen-bond donors (Lipinski definition) is 0. The van der Waals surface area contributed by atoms with Crippen LogP contribution in [0.15, 0.2) is 25.3 Å². The molecule has 1 amide bonds. The van der Waals surface area contributed by atoms with E-state index in [1.807, 2.05) is 6.92 Å². The minimum Gasteiger partial charge on any atom is -0.376 e. The highest BCUT2D eigenvalue weighted by Crippen LogP contribution is 2.11. The number of carbonyl (C=O) groups is 1. The van der Waals surface area contributed by atoms with E-state index in [1.165, 1.54) is 0 Å². The highest BCUT2D eigenvalue weighted by atomic mass is 16.5. The predicted molar refractivity (Wildman–Crippen MR) is 73.4 cm³/mol. The van der Waals surface area contributed by atoms with E-state index in [4.69, 9.17) is 4.74 Å². The first kappa shape index (κ1) is 14.9. The third-order valence-corrected chi connectivity index (χ3v) is 3.13. The minimum atomic E-state index is 0.121. The van der Waals surface area contributed by atoms with Crippen molar-refractivity contribution in [3.05, 3.63) is 25.3 Å². The van der Waals surface area contributed by atoms with E-state index in [0.717, 1.165) is 6.54 Å². The molecule has 102 valence electrons. The van der Waals surface area contributed by atoms with Crippen LogP contribution in [0, 0.1) is 0 Å². The lowest BCUT2D eigenvalue weighted by Crippen LogP contribution is -2.51. The molecule has 0 aromatic carbocycles. The van der Waals surface area contributed by atoms with Gasteiger partial charge in [-0.3, -0.25) is 9.69 Å². The second-order valence-corrected chi connectivity index (χ2v) is 4.80. The Kier molecular flexibility index (Phi) is 6.09. The van der Waals surface area contributed by atoms with Gasteiger partial charge in [0.2, 0.25) is 5.91 Å². The maximum Gasteiger partial charge on any atom is 0.237 e. The van der Waals surface area contributed by atoms with Crippen molar-refractivity contribution in [2.45, 2.75) is 26.0 Å². The SMILES string of the molecule is C=CCN(CC=C)C(=O)CN1CC(C)OCC1C. The standard InChI is InChI=1S/C14H24N2O2/c1-5-7-15(8-6-2)14(17)10-16-9-13(4)18-11-12(16)3/h5-6,12-13H,1-2,7-11H2,3-4H3. The first-order chi connectivity index (χ1) is 8.58. The van der Waals surface area contributed by atoms with Gasteiger partial charge in [-0.25, -0.2) is 0 Å². The third-order valence-electron chi connectivity index (χ3n) is 3.13. The summed E-state index contributed by atoms with van der Waals surface area (Å²) in [6.07, 6.45) is 3.68. The van der Waals surface area contributed by atoms with Gasteiger partial charge in [-0.05, 0) is 13.8 Å². The number of hydrogen-bond acceptors (Lipinski definition) is 3. The number of rotatable bonds is 6. The summed E-state index contributed by atoms with van der Waals surface area (Å²) in [5.74, 6) is 0.121. The largest absolute Gasteiger partial charge is 0.376 e. The zero-order chi connectivity index (χ0) is 13.5. The lowest BCUT2D eigenvalue weighted by molar-refractivity contribution is -0.135. The summed E-state index contributed by atoms with van der Waals surface area (Å²) >= 11 is 0. The van der Waals surface area contributed by atoms with E-state index >= 15 is 0 Å². The predicted octanol–water partition coefficient (Wildman–Crippen LogP) is 1.30. The zero-order valence-electron chi connectivity index (χ0n) is 11.5. The van der Waals surface area contributed by atoms with E-state index in [9.17, 15) is 4.79 Å². The fourth-order valence-electron chi connectivity index (χ4n) is 2.06. The molecule has 4 nitrogen and oxygen atoms in total. The van der Waals surface area contributed by atoms with E-state index in [1.54, 1.807) is 17.1 Å². The van der Waals surface area contributed by atoms with Gasteiger partial charge in [0.1, 0.15) is 0 Å². The Labute approximate surface area is 110 Å². The van der Waals surface area contributed by atoms with Crippen LogP contribution in [0.2, 0.25) is 0 Å². The van der Waals surface area contributed by atoms with Crippen molar-refractivity contribution >= 4 is 5.91 Å². The molecule has 18 heavy (non-hydrogen) atoms. The van der Waals surface area contributed by atoms with Gasteiger partial charge in [-0.15, -0.1) is 13.2 Å². The molecule has 0 bridgehead atoms. The van der Waals surface area contributed by atoms with Crippen LogP contribution in [-0.2, 0) is 9.53 Å². The van der Waals surface area contributed by atoms with Crippen molar-refractivity contribution in [3.63, 3.8) is 0 Å². The van der Waals surface area contributed by atoms with Crippen molar-refractivity contribution < 1.29 is 9.53 Å². The van der Waals surface area contributed by atoms with Gasteiger partial charge >= 0.3 is 0 Å². The van der Waals surface area contributed by atoms with Gasteiger partial charge in [-0.2, -0.15) is 0 Å². The fourth-order valence-corrected chi connectivity index (χ4v) is 2.06. The van der Waals surface area contributed by atoms with Crippen LogP contribution < -0.4 is 0 Å². The molecule has 4 heteroatoms. The maximum atomic E-state index is 12.2. The van der Waals surface area contributed by atoms with Crippen LogP contribution in [0.3, 0.4) is 0 Å². The highest BCUT2D eigenvalue weighted by molar-refractivity contribution is 5.78. The van der Waals surface area contributed by atoms with E-state index in [2.05, 4.69) is 25.0 Å². The zero-order valence-corrected chi connectivity index (χ0v) is 11.5. The Bertz CT molecular complexity index is 294. The number of carbonyl (C=O) groups excluding carboxylic acids is 1. The molecule has 0 aromatic heterocycles. The smallest absolute Gasteiger partial charge is 0.237 e. The average Bonchev–Trinajstić information content (AvgIpc) is 2.33. The van der Waals surface area contributed by atoms with Crippen molar-refractivity contribution in [2.75, 3.05) is 32.8 Å². The van der Waals surface area contributed by atoms with Crippen LogP contribution >= 0.6 is 0 Å². The molecule has 1 aliphatic heterocycles. The van der Waals surface area contributed by atoms with E-state index in [0.29, 0.717) is 32.3 Å². The van der Waals surface area contributed by atoms with Crippen LogP contribution in [0.5, 0.6) is 0 Å². The molecular weight excluding hydrogens is 228 g/mol. The average molecular weight is 252 g/mol. The molecule has 2 atom stereocenters. The lowest BCUT2D eigenvalue weighted by atomic mass is 10.2. The fraction of sp³-hybridized carbons (Fsp3) is 0.643. The normalized spacial score (nSPS) is 24.6. The Morgan fingerprint density at radius 3 is 2.56 bits per heavy atom. The molecular formula is C14H24N2O2. The summed E-state index contributed by atoms with van der Waals surface area (Å²) in [5.41, 5.74) is 0. The Hall–Kier alpha value is -1.13. The van der Waals surface area contributed by atoms with Gasteiger partial charge in [0, 0.05) is 25.7 Å². The van der Waals surface area contributed by atoms with Gasteiger partial charge in [0.05, 0.1) is 19.3 Å². The Balaban J connectivity index is 2.54. The molecule has 1 heterocycles. The number of morpholine rings is 1. The van der Waals surface area contributed by atoms with E-state index < -0.39 is 0 Å². The molecule has 0 aliphatic carbocycles. The molecule has 1 fully saturated rings. The van der Waals surface area contributed by atoms with Crippen LogP contribution in [0.25, 0.3) is 0 Å². The van der Waals surface area contributed by atoms with Crippen molar-refractivity contribution in [3.8, 4) is 0 Å². The Morgan fingerprint density at radius 1 is 1.39 bits per heavy atom. The summed E-state index contributed by atoms with van der Waals surface area (Å²) in [5, 5.41) is 0. The Morgan fingerprint density at radius 2 is 2.00 bits per heavy atom. The van der Waals surface area contributed by atoms with Gasteiger partial charge in [-0.1, -0.05) is 12.2 Å². The minimum absolute atomic E-state index is 0.121. The molecule has 0 saturated carbocycles. The summed E-state index contributed by atoms with van der Waals surface area (Å²) in [6, 6.07) is 0.291. The van der Waals surface area contributed by atoms with Gasteiger partial charge in [0.15, 0.2) is 0 Å². The highest BCUT2D eigenvalue weighted by Gasteiger charge is 2.26. The van der Waals surface area contributed by atoms with Crippen LogP contribution in [0.1, 0.15) is 13.8 Å². The molecule has 0 spiro atoms. The second kappa shape index (κ2) is 7.34. The summed E-state index contributed by atoms with van der Waals surface area (Å²) in [4.78, 5) is 16.1. The summed E-state index contributed by atoms with van der Waals surface area (Å²) < 4.78 is 5.56. The maximum absolute atomic E-state index is 12.2. The second-order valence-electron chi connectivity index (χ2n) is 4.80. The molecule has 1 rings (SSSR count). The lowest BCUT2D eigenvalue weighted by Gasteiger charge is -2.37. The molecule has 1 aliphatic rings. The van der Waals surface area contributed by atoms with Crippen molar-refractivity contribution in [1.29, 1.82) is 0 Å². The van der Waals surface area contributed by atoms with Crippen LogP contribution in [0.4, 0.5) is 0 Å². The van der Waals surface area contributed by atoms with Gasteiger partial charge in [0.25, 0.3) is 0 Å². The monoisotopic (exact) mass is 252 g/mol. The third kappa shape index (κ3) is 4.27. The quantitative estimate of drug-likeness (QED) is 0.668. The number of ether oxygens (including phenoxy) is 1. The van der Waals surface area contributed by atoms with Crippen LogP contribution in [-0.4, -0.2) is 60.6 Å².